The van der Waals surface area contributed by atoms with Crippen molar-refractivity contribution in [1.82, 2.24) is 10.2 Å². The highest BCUT2D eigenvalue weighted by molar-refractivity contribution is 5.45. The second-order valence-corrected chi connectivity index (χ2v) is 5.80. The summed E-state index contributed by atoms with van der Waals surface area (Å²) < 4.78 is 5.28. The van der Waals surface area contributed by atoms with Crippen molar-refractivity contribution in [2.24, 2.45) is 5.92 Å². The number of likely N-dealkylation sites (tertiary alicyclic amines) is 1. The molecule has 106 valence electrons. The van der Waals surface area contributed by atoms with E-state index in [0.717, 1.165) is 19.0 Å². The standard InChI is InChI=1S/C16H21N3O/c1-20-16-7-12(4-5-13(16)8-17)9-19-10-14-3-2-6-18-15(14)11-19/h4-5,7,14-15,18H,2-3,6,9-11H2,1H3. The molecular formula is C16H21N3O. The highest BCUT2D eigenvalue weighted by Gasteiger charge is 2.33. The van der Waals surface area contributed by atoms with Crippen molar-refractivity contribution in [3.8, 4) is 11.8 Å². The largest absolute Gasteiger partial charge is 0.495 e. The molecule has 2 fully saturated rings. The molecule has 0 aliphatic carbocycles. The van der Waals surface area contributed by atoms with Crippen LogP contribution in [0, 0.1) is 17.2 Å². The molecule has 2 atom stereocenters. The molecule has 0 amide bonds. The van der Waals surface area contributed by atoms with Crippen molar-refractivity contribution in [3.05, 3.63) is 29.3 Å². The molecular weight excluding hydrogens is 250 g/mol. The van der Waals surface area contributed by atoms with Crippen molar-refractivity contribution in [2.75, 3.05) is 26.7 Å². The molecule has 4 nitrogen and oxygen atoms in total. The Bertz CT molecular complexity index is 509. The second kappa shape index (κ2) is 5.82. The first-order valence-corrected chi connectivity index (χ1v) is 7.33. The SMILES string of the molecule is COc1cc(CN2CC3CCCNC3C2)ccc1C#N. The Kier molecular flexibility index (Phi) is 3.90. The van der Waals surface area contributed by atoms with Crippen LogP contribution in [-0.4, -0.2) is 37.7 Å². The van der Waals surface area contributed by atoms with Gasteiger partial charge in [-0.05, 0) is 43.0 Å². The van der Waals surface area contributed by atoms with Crippen LogP contribution in [0.1, 0.15) is 24.0 Å². The lowest BCUT2D eigenvalue weighted by Crippen LogP contribution is -2.40. The molecule has 0 spiro atoms. The molecule has 2 aliphatic heterocycles. The monoisotopic (exact) mass is 271 g/mol. The summed E-state index contributed by atoms with van der Waals surface area (Å²) in [6, 6.07) is 8.72. The molecule has 0 saturated carbocycles. The van der Waals surface area contributed by atoms with Crippen LogP contribution in [0.3, 0.4) is 0 Å². The van der Waals surface area contributed by atoms with Crippen LogP contribution in [0.4, 0.5) is 0 Å². The molecule has 0 radical (unpaired) electrons. The smallest absolute Gasteiger partial charge is 0.136 e. The topological polar surface area (TPSA) is 48.3 Å². The summed E-state index contributed by atoms with van der Waals surface area (Å²) >= 11 is 0. The third-order valence-electron chi connectivity index (χ3n) is 4.47. The third kappa shape index (κ3) is 2.65. The maximum Gasteiger partial charge on any atom is 0.136 e. The van der Waals surface area contributed by atoms with Gasteiger partial charge >= 0.3 is 0 Å². The van der Waals surface area contributed by atoms with E-state index >= 15 is 0 Å². The van der Waals surface area contributed by atoms with Gasteiger partial charge < -0.3 is 10.1 Å². The number of methoxy groups -OCH3 is 1. The Balaban J connectivity index is 1.68. The fourth-order valence-corrected chi connectivity index (χ4v) is 3.45. The highest BCUT2D eigenvalue weighted by Crippen LogP contribution is 2.27. The van der Waals surface area contributed by atoms with Gasteiger partial charge in [0.25, 0.3) is 0 Å². The molecule has 4 heteroatoms. The first kappa shape index (κ1) is 13.4. The van der Waals surface area contributed by atoms with Crippen molar-refractivity contribution < 1.29 is 4.74 Å². The number of fused-ring (bicyclic) bond motifs is 1. The molecule has 2 aliphatic rings. The minimum atomic E-state index is 0.605. The fraction of sp³-hybridized carbons (Fsp3) is 0.562. The van der Waals surface area contributed by atoms with E-state index in [9.17, 15) is 0 Å². The first-order chi connectivity index (χ1) is 9.80. The summed E-state index contributed by atoms with van der Waals surface area (Å²) in [5, 5.41) is 12.6. The summed E-state index contributed by atoms with van der Waals surface area (Å²) in [6.45, 7) is 4.42. The van der Waals surface area contributed by atoms with Crippen molar-refractivity contribution in [2.45, 2.75) is 25.4 Å². The molecule has 1 aromatic carbocycles. The third-order valence-corrected chi connectivity index (χ3v) is 4.47. The van der Waals surface area contributed by atoms with Gasteiger partial charge in [0.2, 0.25) is 0 Å². The van der Waals surface area contributed by atoms with Crippen LogP contribution < -0.4 is 10.1 Å². The average molecular weight is 271 g/mol. The van der Waals surface area contributed by atoms with Crippen LogP contribution in [0.5, 0.6) is 5.75 Å². The van der Waals surface area contributed by atoms with Crippen molar-refractivity contribution >= 4 is 0 Å². The molecule has 1 N–H and O–H groups in total. The fourth-order valence-electron chi connectivity index (χ4n) is 3.45. The molecule has 1 aromatic rings. The number of nitriles is 1. The average Bonchev–Trinajstić information content (AvgIpc) is 2.89. The summed E-state index contributed by atoms with van der Waals surface area (Å²) in [7, 11) is 1.62. The molecule has 0 aromatic heterocycles. The predicted octanol–water partition coefficient (Wildman–Crippen LogP) is 1.75. The highest BCUT2D eigenvalue weighted by atomic mass is 16.5. The number of piperidine rings is 1. The summed E-state index contributed by atoms with van der Waals surface area (Å²) in [5.41, 5.74) is 1.83. The van der Waals surface area contributed by atoms with E-state index in [1.165, 1.54) is 31.5 Å². The van der Waals surface area contributed by atoms with Crippen LogP contribution >= 0.6 is 0 Å². The number of nitrogens with zero attached hydrogens (tertiary/aromatic N) is 2. The van der Waals surface area contributed by atoms with Crippen LogP contribution in [0.25, 0.3) is 0 Å². The molecule has 2 heterocycles. The van der Waals surface area contributed by atoms with Gasteiger partial charge in [-0.25, -0.2) is 0 Å². The minimum Gasteiger partial charge on any atom is -0.495 e. The van der Waals surface area contributed by atoms with E-state index < -0.39 is 0 Å². The molecule has 2 unspecified atom stereocenters. The zero-order chi connectivity index (χ0) is 13.9. The Hall–Kier alpha value is -1.57. The van der Waals surface area contributed by atoms with E-state index in [1.54, 1.807) is 7.11 Å². The van der Waals surface area contributed by atoms with Gasteiger partial charge in [0.05, 0.1) is 12.7 Å². The lowest BCUT2D eigenvalue weighted by Gasteiger charge is -2.24. The zero-order valence-corrected chi connectivity index (χ0v) is 11.9. The van der Waals surface area contributed by atoms with E-state index in [-0.39, 0.29) is 0 Å². The quantitative estimate of drug-likeness (QED) is 0.910. The van der Waals surface area contributed by atoms with Crippen LogP contribution in [-0.2, 0) is 6.54 Å². The van der Waals surface area contributed by atoms with Crippen LogP contribution in [0.15, 0.2) is 18.2 Å². The Labute approximate surface area is 120 Å². The van der Waals surface area contributed by atoms with E-state index in [2.05, 4.69) is 16.3 Å². The maximum absolute atomic E-state index is 9.02. The molecule has 2 saturated heterocycles. The van der Waals surface area contributed by atoms with E-state index in [1.807, 2.05) is 18.2 Å². The number of hydrogen-bond acceptors (Lipinski definition) is 4. The van der Waals surface area contributed by atoms with Crippen LogP contribution in [0.2, 0.25) is 0 Å². The summed E-state index contributed by atoms with van der Waals surface area (Å²) in [5.74, 6) is 1.49. The number of nitrogens with one attached hydrogen (secondary N) is 1. The van der Waals surface area contributed by atoms with Crippen molar-refractivity contribution in [3.63, 3.8) is 0 Å². The number of hydrogen-bond donors (Lipinski definition) is 1. The molecule has 0 bridgehead atoms. The first-order valence-electron chi connectivity index (χ1n) is 7.33. The lowest BCUT2D eigenvalue weighted by atomic mass is 9.94. The van der Waals surface area contributed by atoms with Gasteiger partial charge in [0.15, 0.2) is 0 Å². The number of benzene rings is 1. The maximum atomic E-state index is 9.02. The van der Waals surface area contributed by atoms with Gasteiger partial charge in [-0.3, -0.25) is 4.90 Å². The molecule has 3 rings (SSSR count). The number of ether oxygens (including phenoxy) is 1. The summed E-state index contributed by atoms with van der Waals surface area (Å²) in [4.78, 5) is 2.51. The Morgan fingerprint density at radius 3 is 3.10 bits per heavy atom. The zero-order valence-electron chi connectivity index (χ0n) is 11.9. The van der Waals surface area contributed by atoms with Gasteiger partial charge in [0.1, 0.15) is 11.8 Å². The number of rotatable bonds is 3. The van der Waals surface area contributed by atoms with Crippen molar-refractivity contribution in [1.29, 1.82) is 5.26 Å². The summed E-state index contributed by atoms with van der Waals surface area (Å²) in [6.07, 6.45) is 2.66. The predicted molar refractivity (Wildman–Crippen MR) is 77.5 cm³/mol. The van der Waals surface area contributed by atoms with E-state index in [0.29, 0.717) is 17.4 Å². The van der Waals surface area contributed by atoms with Gasteiger partial charge in [-0.1, -0.05) is 6.07 Å². The van der Waals surface area contributed by atoms with Gasteiger partial charge in [-0.15, -0.1) is 0 Å². The molecule has 20 heavy (non-hydrogen) atoms. The van der Waals surface area contributed by atoms with Gasteiger partial charge in [0, 0.05) is 25.7 Å². The lowest BCUT2D eigenvalue weighted by molar-refractivity contribution is 0.312. The Morgan fingerprint density at radius 2 is 2.35 bits per heavy atom. The van der Waals surface area contributed by atoms with Gasteiger partial charge in [-0.2, -0.15) is 5.26 Å². The normalized spacial score (nSPS) is 26.0. The van der Waals surface area contributed by atoms with E-state index in [4.69, 9.17) is 10.00 Å². The minimum absolute atomic E-state index is 0.605. The Morgan fingerprint density at radius 1 is 1.45 bits per heavy atom. The second-order valence-electron chi connectivity index (χ2n) is 5.80.